The van der Waals surface area contributed by atoms with Gasteiger partial charge < -0.3 is 0 Å². The van der Waals surface area contributed by atoms with Gasteiger partial charge in [0.1, 0.15) is 0 Å². The van der Waals surface area contributed by atoms with Gasteiger partial charge in [0.15, 0.2) is 0 Å². The summed E-state index contributed by atoms with van der Waals surface area (Å²) in [4.78, 5) is 0. The third-order valence-corrected chi connectivity index (χ3v) is 21.3. The Morgan fingerprint density at radius 3 is 1.98 bits per heavy atom. The van der Waals surface area contributed by atoms with Crippen molar-refractivity contribution in [2.75, 3.05) is 0 Å². The summed E-state index contributed by atoms with van der Waals surface area (Å²) < 4.78 is 0.628. The number of hydrogen-bond donors (Lipinski definition) is 0. The third kappa shape index (κ3) is 5.99. The minimum absolute atomic E-state index is 0.0539. The molecule has 256 valence electrons. The van der Waals surface area contributed by atoms with E-state index in [0.717, 1.165) is 12.8 Å². The molecule has 0 aromatic heterocycles. The molecular formula is C49H52SiZr. The molecule has 0 fully saturated rings. The van der Waals surface area contributed by atoms with Crippen LogP contribution in [-0.4, -0.2) is 5.92 Å². The second kappa shape index (κ2) is 13.0. The molecule has 6 aromatic carbocycles. The van der Waals surface area contributed by atoms with Gasteiger partial charge in [0.05, 0.1) is 0 Å². The van der Waals surface area contributed by atoms with Gasteiger partial charge in [-0.3, -0.25) is 0 Å². The zero-order valence-corrected chi connectivity index (χ0v) is 35.7. The van der Waals surface area contributed by atoms with Crippen LogP contribution in [0.2, 0.25) is 13.1 Å². The number of fused-ring (bicyclic) bond motifs is 7. The average Bonchev–Trinajstić information content (AvgIpc) is 3.61. The summed E-state index contributed by atoms with van der Waals surface area (Å²) in [7, 11) is 0. The van der Waals surface area contributed by atoms with E-state index in [1.54, 1.807) is 27.8 Å². The molecule has 0 radical (unpaired) electrons. The molecule has 0 amide bonds. The van der Waals surface area contributed by atoms with Crippen LogP contribution in [0.5, 0.6) is 0 Å². The fourth-order valence-electron chi connectivity index (χ4n) is 8.91. The molecule has 51 heavy (non-hydrogen) atoms. The van der Waals surface area contributed by atoms with Crippen LogP contribution in [0.25, 0.3) is 49.9 Å². The van der Waals surface area contributed by atoms with E-state index in [-0.39, 0.29) is 16.7 Å². The molecule has 2 unspecified atom stereocenters. The SMILES string of the molecule is CCCC1=Cc2c(-c3cc4ccccc4c4ccccc34)cccc2C1c1cc(C(C)(C)C)cc2c1[CH]([Zr][SiH](C)C)c1ccc(C(C)(C)C)cc1-2. The molecule has 0 nitrogen and oxygen atoms in total. The first-order valence-electron chi connectivity index (χ1n) is 19.2. The van der Waals surface area contributed by atoms with Crippen molar-refractivity contribution in [3.05, 3.63) is 148 Å². The summed E-state index contributed by atoms with van der Waals surface area (Å²) in [5, 5.41) is 5.32. The van der Waals surface area contributed by atoms with Crippen LogP contribution in [0.1, 0.15) is 110 Å². The Morgan fingerprint density at radius 2 is 1.27 bits per heavy atom. The fourth-order valence-corrected chi connectivity index (χ4v) is 18.8. The van der Waals surface area contributed by atoms with Crippen molar-refractivity contribution in [3.63, 3.8) is 0 Å². The van der Waals surface area contributed by atoms with Crippen molar-refractivity contribution in [1.82, 2.24) is 0 Å². The Bertz CT molecular complexity index is 2360. The molecule has 8 rings (SSSR count). The van der Waals surface area contributed by atoms with Gasteiger partial charge in [-0.15, -0.1) is 0 Å². The average molecular weight is 760 g/mol. The van der Waals surface area contributed by atoms with Gasteiger partial charge in [-0.2, -0.15) is 0 Å². The van der Waals surface area contributed by atoms with Crippen LogP contribution in [-0.2, 0) is 33.2 Å². The molecule has 0 heterocycles. The van der Waals surface area contributed by atoms with Crippen LogP contribution < -0.4 is 0 Å². The van der Waals surface area contributed by atoms with Crippen molar-refractivity contribution < 1.29 is 22.4 Å². The van der Waals surface area contributed by atoms with Gasteiger partial charge in [-0.05, 0) is 0 Å². The van der Waals surface area contributed by atoms with Crippen molar-refractivity contribution in [2.24, 2.45) is 0 Å². The molecule has 2 atom stereocenters. The monoisotopic (exact) mass is 758 g/mol. The molecule has 6 aromatic rings. The van der Waals surface area contributed by atoms with Gasteiger partial charge in [0.2, 0.25) is 0 Å². The van der Waals surface area contributed by atoms with E-state index in [0.29, 0.717) is 3.63 Å². The van der Waals surface area contributed by atoms with Crippen LogP contribution in [0.4, 0.5) is 0 Å². The zero-order chi connectivity index (χ0) is 35.8. The zero-order valence-electron chi connectivity index (χ0n) is 32.0. The van der Waals surface area contributed by atoms with Gasteiger partial charge in [0.25, 0.3) is 0 Å². The third-order valence-electron chi connectivity index (χ3n) is 11.4. The summed E-state index contributed by atoms with van der Waals surface area (Å²) in [5.41, 5.74) is 18.3. The summed E-state index contributed by atoms with van der Waals surface area (Å²) >= 11 is -0.675. The van der Waals surface area contributed by atoms with Gasteiger partial charge >= 0.3 is 315 Å². The van der Waals surface area contributed by atoms with E-state index in [9.17, 15) is 0 Å². The van der Waals surface area contributed by atoms with Crippen molar-refractivity contribution in [3.8, 4) is 22.3 Å². The minimum atomic E-state index is -0.722. The molecule has 0 N–H and O–H groups in total. The molecule has 0 spiro atoms. The Labute approximate surface area is 318 Å². The first kappa shape index (κ1) is 34.7. The molecule has 0 saturated heterocycles. The Kier molecular flexibility index (Phi) is 8.83. The van der Waals surface area contributed by atoms with Gasteiger partial charge in [-0.1, -0.05) is 6.07 Å². The molecule has 0 saturated carbocycles. The van der Waals surface area contributed by atoms with Crippen molar-refractivity contribution >= 4 is 33.5 Å². The number of hydrogen-bond acceptors (Lipinski definition) is 0. The van der Waals surface area contributed by atoms with Crippen LogP contribution in [0.15, 0.2) is 109 Å². The molecule has 2 aliphatic rings. The van der Waals surface area contributed by atoms with Crippen LogP contribution in [0.3, 0.4) is 0 Å². The van der Waals surface area contributed by atoms with Crippen molar-refractivity contribution in [1.29, 1.82) is 0 Å². The maximum absolute atomic E-state index is 2.67. The Hall–Kier alpha value is -3.32. The van der Waals surface area contributed by atoms with E-state index in [1.165, 1.54) is 60.5 Å². The first-order valence-corrected chi connectivity index (χ1v) is 27.7. The Morgan fingerprint density at radius 1 is 0.588 bits per heavy atom. The molecule has 2 aliphatic carbocycles. The topological polar surface area (TPSA) is 0 Å². The predicted molar refractivity (Wildman–Crippen MR) is 222 cm³/mol. The van der Waals surface area contributed by atoms with E-state index in [2.05, 4.69) is 171 Å². The quantitative estimate of drug-likeness (QED) is 0.117. The Balaban J connectivity index is 1.40. The number of benzene rings is 6. The fraction of sp³-hybridized carbons (Fsp3) is 0.306. The molecule has 2 heteroatoms. The van der Waals surface area contributed by atoms with Gasteiger partial charge in [0, 0.05) is 0 Å². The predicted octanol–water partition coefficient (Wildman–Crippen LogP) is 13.7. The van der Waals surface area contributed by atoms with Gasteiger partial charge in [-0.25, -0.2) is 0 Å². The summed E-state index contributed by atoms with van der Waals surface area (Å²) in [6, 6.07) is 40.5. The van der Waals surface area contributed by atoms with E-state index >= 15 is 0 Å². The summed E-state index contributed by atoms with van der Waals surface area (Å²) in [6.07, 6.45) is 4.89. The van der Waals surface area contributed by atoms with E-state index < -0.39 is 28.3 Å². The number of allylic oxidation sites excluding steroid dienone is 1. The van der Waals surface area contributed by atoms with E-state index in [4.69, 9.17) is 0 Å². The van der Waals surface area contributed by atoms with Crippen molar-refractivity contribution in [2.45, 2.75) is 94.8 Å². The molecule has 0 aliphatic heterocycles. The van der Waals surface area contributed by atoms with Crippen LogP contribution in [0, 0.1) is 0 Å². The van der Waals surface area contributed by atoms with E-state index in [1.807, 2.05) is 0 Å². The van der Waals surface area contributed by atoms with Crippen LogP contribution >= 0.6 is 0 Å². The standard InChI is InChI=1S/C47H45.C2H7Si.Zr/c1-8-14-31-25-41-37(40-23-29-15-9-10-16-34(29)35-17-11-12-18-36(35)40)19-13-20-38(41)45(31)44-28-33(47(5,6)7)27-43-39-26-32(46(2,3)4)22-21-30(39)24-42(43)44;1-3-2;/h9-13,15-28,45H,8,14H2,1-7H3;3H,1-2H3;. The molecule has 0 bridgehead atoms. The second-order valence-corrected chi connectivity index (χ2v) is 32.5. The summed E-state index contributed by atoms with van der Waals surface area (Å²) in [5.74, 6) is -0.436. The normalized spacial score (nSPS) is 16.8. The number of rotatable bonds is 6. The first-order chi connectivity index (χ1) is 24.3. The maximum atomic E-state index is 2.67. The molecular weight excluding hydrogens is 708 g/mol. The summed E-state index contributed by atoms with van der Waals surface area (Å²) in [6.45, 7) is 21.9. The second-order valence-electron chi connectivity index (χ2n) is 17.5.